The number of carbonyl (C=O) groups is 2. The van der Waals surface area contributed by atoms with Gasteiger partial charge in [0.2, 0.25) is 11.8 Å². The van der Waals surface area contributed by atoms with Crippen LogP contribution in [0.1, 0.15) is 24.8 Å². The summed E-state index contributed by atoms with van der Waals surface area (Å²) < 4.78 is 0. The van der Waals surface area contributed by atoms with Gasteiger partial charge < -0.3 is 10.2 Å². The predicted octanol–water partition coefficient (Wildman–Crippen LogP) is 2.29. The molecule has 0 radical (unpaired) electrons. The Bertz CT molecular complexity index is 706. The van der Waals surface area contributed by atoms with Gasteiger partial charge in [-0.2, -0.15) is 0 Å². The summed E-state index contributed by atoms with van der Waals surface area (Å²) in [7, 11) is 0. The molecule has 2 aromatic rings. The smallest absolute Gasteiger partial charge is 0.230 e. The van der Waals surface area contributed by atoms with Crippen LogP contribution in [0.25, 0.3) is 0 Å². The van der Waals surface area contributed by atoms with E-state index in [-0.39, 0.29) is 17.7 Å². The number of carbonyl (C=O) groups excluding carboxylic acids is 2. The fourth-order valence-electron chi connectivity index (χ4n) is 3.04. The van der Waals surface area contributed by atoms with Crippen LogP contribution in [-0.4, -0.2) is 39.8 Å². The fraction of sp³-hybridized carbons (Fsp3) is 0.368. The molecule has 130 valence electrons. The lowest BCUT2D eigenvalue weighted by Crippen LogP contribution is -2.43. The number of aromatic nitrogens is 2. The van der Waals surface area contributed by atoms with Crippen LogP contribution in [0.3, 0.4) is 0 Å². The Balaban J connectivity index is 1.51. The second-order valence-corrected chi connectivity index (χ2v) is 6.24. The number of nitrogens with one attached hydrogen (secondary N) is 1. The van der Waals surface area contributed by atoms with Gasteiger partial charge in [0, 0.05) is 38.1 Å². The molecule has 6 heteroatoms. The number of aryl methyl sites for hydroxylation is 1. The first-order valence-electron chi connectivity index (χ1n) is 8.61. The molecule has 3 heterocycles. The summed E-state index contributed by atoms with van der Waals surface area (Å²) in [5.41, 5.74) is 1.10. The van der Waals surface area contributed by atoms with E-state index >= 15 is 0 Å². The van der Waals surface area contributed by atoms with Crippen molar-refractivity contribution in [2.75, 3.05) is 18.4 Å². The molecule has 1 atom stereocenters. The minimum absolute atomic E-state index is 0.0645. The number of nitrogens with zero attached hydrogens (tertiary/aromatic N) is 3. The van der Waals surface area contributed by atoms with Crippen molar-refractivity contribution < 1.29 is 9.59 Å². The van der Waals surface area contributed by atoms with E-state index in [1.165, 1.54) is 0 Å². The Labute approximate surface area is 147 Å². The molecule has 1 fully saturated rings. The summed E-state index contributed by atoms with van der Waals surface area (Å²) in [6.45, 7) is 1.20. The maximum atomic E-state index is 12.5. The van der Waals surface area contributed by atoms with Crippen molar-refractivity contribution in [3.63, 3.8) is 0 Å². The largest absolute Gasteiger partial charge is 0.342 e. The molecular weight excluding hydrogens is 316 g/mol. The van der Waals surface area contributed by atoms with Crippen molar-refractivity contribution >= 4 is 17.6 Å². The summed E-state index contributed by atoms with van der Waals surface area (Å²) in [6.07, 6.45) is 7.91. The molecule has 0 bridgehead atoms. The fourth-order valence-corrected chi connectivity index (χ4v) is 3.04. The number of amides is 2. The van der Waals surface area contributed by atoms with Crippen molar-refractivity contribution in [2.45, 2.75) is 25.7 Å². The van der Waals surface area contributed by atoms with Gasteiger partial charge in [-0.3, -0.25) is 14.6 Å². The maximum Gasteiger partial charge on any atom is 0.230 e. The maximum absolute atomic E-state index is 12.5. The van der Waals surface area contributed by atoms with Crippen molar-refractivity contribution in [3.8, 4) is 0 Å². The number of rotatable bonds is 5. The second-order valence-electron chi connectivity index (χ2n) is 6.24. The number of anilines is 1. The molecule has 25 heavy (non-hydrogen) atoms. The van der Waals surface area contributed by atoms with Gasteiger partial charge in [-0.25, -0.2) is 4.98 Å². The monoisotopic (exact) mass is 338 g/mol. The minimum Gasteiger partial charge on any atom is -0.342 e. The number of piperidine rings is 1. The molecule has 1 aliphatic rings. The highest BCUT2D eigenvalue weighted by atomic mass is 16.2. The molecule has 6 nitrogen and oxygen atoms in total. The van der Waals surface area contributed by atoms with Crippen molar-refractivity contribution in [1.29, 1.82) is 0 Å². The quantitative estimate of drug-likeness (QED) is 0.907. The average Bonchev–Trinajstić information content (AvgIpc) is 2.68. The third-order valence-corrected chi connectivity index (χ3v) is 4.44. The van der Waals surface area contributed by atoms with Crippen molar-refractivity contribution in [1.82, 2.24) is 14.9 Å². The number of hydrogen-bond acceptors (Lipinski definition) is 4. The first kappa shape index (κ1) is 17.1. The standard InChI is InChI=1S/C19H22N4O2/c24-18(7-6-15-8-11-20-12-9-15)23-13-3-4-16(14-23)19(25)22-17-5-1-2-10-21-17/h1-2,5,8-12,16H,3-4,6-7,13-14H2,(H,21,22,25)/t16-/m1/s1. The second kappa shape index (κ2) is 8.37. The third-order valence-electron chi connectivity index (χ3n) is 4.44. The first-order chi connectivity index (χ1) is 12.2. The van der Waals surface area contributed by atoms with Crippen LogP contribution < -0.4 is 5.32 Å². The van der Waals surface area contributed by atoms with E-state index in [1.54, 1.807) is 30.7 Å². The molecule has 3 rings (SSSR count). The normalized spacial score (nSPS) is 17.1. The number of pyridine rings is 2. The third kappa shape index (κ3) is 4.86. The van der Waals surface area contributed by atoms with Gasteiger partial charge in [-0.15, -0.1) is 0 Å². The zero-order valence-corrected chi connectivity index (χ0v) is 14.1. The van der Waals surface area contributed by atoms with Gasteiger partial charge >= 0.3 is 0 Å². The molecule has 0 aliphatic carbocycles. The van der Waals surface area contributed by atoms with E-state index in [9.17, 15) is 9.59 Å². The van der Waals surface area contributed by atoms with Gasteiger partial charge in [-0.05, 0) is 49.1 Å². The topological polar surface area (TPSA) is 75.2 Å². The molecule has 1 aliphatic heterocycles. The average molecular weight is 338 g/mol. The summed E-state index contributed by atoms with van der Waals surface area (Å²) in [5.74, 6) is 0.409. The van der Waals surface area contributed by atoms with E-state index in [2.05, 4.69) is 15.3 Å². The molecule has 0 unspecified atom stereocenters. The molecular formula is C19H22N4O2. The van der Waals surface area contributed by atoms with E-state index in [0.29, 0.717) is 25.2 Å². The lowest BCUT2D eigenvalue weighted by Gasteiger charge is -2.32. The van der Waals surface area contributed by atoms with Gasteiger partial charge in [0.15, 0.2) is 0 Å². The summed E-state index contributed by atoms with van der Waals surface area (Å²) in [4.78, 5) is 34.8. The lowest BCUT2D eigenvalue weighted by molar-refractivity contribution is -0.134. The lowest BCUT2D eigenvalue weighted by atomic mass is 9.96. The van der Waals surface area contributed by atoms with Gasteiger partial charge in [-0.1, -0.05) is 6.07 Å². The summed E-state index contributed by atoms with van der Waals surface area (Å²) in [6, 6.07) is 9.25. The predicted molar refractivity (Wildman–Crippen MR) is 94.7 cm³/mol. The Morgan fingerprint density at radius 2 is 2.00 bits per heavy atom. The SMILES string of the molecule is O=C(Nc1ccccn1)[C@@H]1CCCN(C(=O)CCc2ccncc2)C1. The van der Waals surface area contributed by atoms with Crippen LogP contribution in [0.4, 0.5) is 5.82 Å². The molecule has 2 aromatic heterocycles. The van der Waals surface area contributed by atoms with Crippen LogP contribution in [0.15, 0.2) is 48.9 Å². The highest BCUT2D eigenvalue weighted by Gasteiger charge is 2.28. The van der Waals surface area contributed by atoms with E-state index < -0.39 is 0 Å². The Morgan fingerprint density at radius 3 is 2.76 bits per heavy atom. The van der Waals surface area contributed by atoms with E-state index in [1.807, 2.05) is 23.1 Å². The highest BCUT2D eigenvalue weighted by molar-refractivity contribution is 5.92. The van der Waals surface area contributed by atoms with Crippen LogP contribution in [0.2, 0.25) is 0 Å². The summed E-state index contributed by atoms with van der Waals surface area (Å²) >= 11 is 0. The molecule has 1 saturated heterocycles. The zero-order valence-electron chi connectivity index (χ0n) is 14.1. The molecule has 0 aromatic carbocycles. The minimum atomic E-state index is -0.180. The van der Waals surface area contributed by atoms with Crippen molar-refractivity contribution in [2.24, 2.45) is 5.92 Å². The van der Waals surface area contributed by atoms with Crippen LogP contribution >= 0.6 is 0 Å². The van der Waals surface area contributed by atoms with Crippen LogP contribution in [-0.2, 0) is 16.0 Å². The van der Waals surface area contributed by atoms with Crippen molar-refractivity contribution in [3.05, 3.63) is 54.5 Å². The summed E-state index contributed by atoms with van der Waals surface area (Å²) in [5, 5.41) is 2.83. The Hall–Kier alpha value is -2.76. The van der Waals surface area contributed by atoms with Gasteiger partial charge in [0.05, 0.1) is 5.92 Å². The number of hydrogen-bond donors (Lipinski definition) is 1. The Morgan fingerprint density at radius 1 is 1.16 bits per heavy atom. The Kier molecular flexibility index (Phi) is 5.72. The van der Waals surface area contributed by atoms with Crippen LogP contribution in [0, 0.1) is 5.92 Å². The van der Waals surface area contributed by atoms with Gasteiger partial charge in [0.1, 0.15) is 5.82 Å². The van der Waals surface area contributed by atoms with Crippen LogP contribution in [0.5, 0.6) is 0 Å². The molecule has 0 spiro atoms. The molecule has 1 N–H and O–H groups in total. The first-order valence-corrected chi connectivity index (χ1v) is 8.61. The number of likely N-dealkylation sites (tertiary alicyclic amines) is 1. The molecule has 2 amide bonds. The zero-order chi connectivity index (χ0) is 17.5. The van der Waals surface area contributed by atoms with E-state index in [0.717, 1.165) is 24.9 Å². The van der Waals surface area contributed by atoms with E-state index in [4.69, 9.17) is 0 Å². The van der Waals surface area contributed by atoms with Gasteiger partial charge in [0.25, 0.3) is 0 Å². The molecule has 0 saturated carbocycles. The highest BCUT2D eigenvalue weighted by Crippen LogP contribution is 2.19.